The van der Waals surface area contributed by atoms with Crippen molar-refractivity contribution < 1.29 is 14.3 Å². The van der Waals surface area contributed by atoms with Crippen molar-refractivity contribution in [1.82, 2.24) is 10.2 Å². The zero-order valence-corrected chi connectivity index (χ0v) is 15.6. The number of nitrogens with zero attached hydrogens (tertiary/aromatic N) is 1. The Labute approximate surface area is 150 Å². The summed E-state index contributed by atoms with van der Waals surface area (Å²) in [7, 11) is 1.36. The number of nitrogens with one attached hydrogen (secondary N) is 1. The van der Waals surface area contributed by atoms with E-state index in [9.17, 15) is 9.59 Å². The molecule has 1 saturated heterocycles. The molecule has 0 aromatic heterocycles. The SMILES string of the molecule is CCCN(CCC)C(=O)c1cc(C(=O)OC)ccc1C1CCCNC1. The first kappa shape index (κ1) is 19.4. The normalized spacial score (nSPS) is 17.2. The number of carbonyl (C=O) groups excluding carboxylic acids is 2. The topological polar surface area (TPSA) is 58.6 Å². The van der Waals surface area contributed by atoms with E-state index < -0.39 is 5.97 Å². The maximum atomic E-state index is 13.2. The molecule has 1 aliphatic rings. The molecule has 1 fully saturated rings. The van der Waals surface area contributed by atoms with E-state index in [0.717, 1.165) is 57.4 Å². The summed E-state index contributed by atoms with van der Waals surface area (Å²) in [5, 5.41) is 3.41. The maximum Gasteiger partial charge on any atom is 0.337 e. The third-order valence-electron chi connectivity index (χ3n) is 4.72. The van der Waals surface area contributed by atoms with Crippen molar-refractivity contribution in [3.05, 3.63) is 34.9 Å². The highest BCUT2D eigenvalue weighted by atomic mass is 16.5. The van der Waals surface area contributed by atoms with Crippen molar-refractivity contribution in [1.29, 1.82) is 0 Å². The zero-order valence-electron chi connectivity index (χ0n) is 15.6. The summed E-state index contributed by atoms with van der Waals surface area (Å²) in [5.41, 5.74) is 2.13. The van der Waals surface area contributed by atoms with Gasteiger partial charge in [0.2, 0.25) is 0 Å². The van der Waals surface area contributed by atoms with Crippen LogP contribution in [0.3, 0.4) is 0 Å². The highest BCUT2D eigenvalue weighted by Gasteiger charge is 2.25. The maximum absolute atomic E-state index is 13.2. The smallest absolute Gasteiger partial charge is 0.337 e. The second kappa shape index (κ2) is 9.56. The number of hydrogen-bond acceptors (Lipinski definition) is 4. The molecule has 1 aromatic carbocycles. The Morgan fingerprint density at radius 1 is 1.24 bits per heavy atom. The van der Waals surface area contributed by atoms with Gasteiger partial charge in [-0.3, -0.25) is 4.79 Å². The first-order chi connectivity index (χ1) is 12.1. The molecular weight excluding hydrogens is 316 g/mol. The number of ether oxygens (including phenoxy) is 1. The summed E-state index contributed by atoms with van der Waals surface area (Å²) in [6.45, 7) is 7.52. The molecule has 0 aliphatic carbocycles. The zero-order chi connectivity index (χ0) is 18.2. The molecule has 1 unspecified atom stereocenters. The largest absolute Gasteiger partial charge is 0.465 e. The quantitative estimate of drug-likeness (QED) is 0.770. The van der Waals surface area contributed by atoms with Crippen molar-refractivity contribution >= 4 is 11.9 Å². The number of rotatable bonds is 7. The molecule has 0 radical (unpaired) electrons. The van der Waals surface area contributed by atoms with Crippen molar-refractivity contribution in [3.8, 4) is 0 Å². The van der Waals surface area contributed by atoms with Crippen LogP contribution < -0.4 is 5.32 Å². The second-order valence-corrected chi connectivity index (χ2v) is 6.63. The molecule has 1 aromatic rings. The second-order valence-electron chi connectivity index (χ2n) is 6.63. The molecule has 5 heteroatoms. The monoisotopic (exact) mass is 346 g/mol. The van der Waals surface area contributed by atoms with Gasteiger partial charge in [0.05, 0.1) is 12.7 Å². The van der Waals surface area contributed by atoms with Gasteiger partial charge >= 0.3 is 5.97 Å². The van der Waals surface area contributed by atoms with Gasteiger partial charge in [-0.05, 0) is 55.8 Å². The van der Waals surface area contributed by atoms with Crippen LogP contribution in [-0.2, 0) is 4.74 Å². The standard InChI is InChI=1S/C20H30N2O3/c1-4-11-22(12-5-2)19(23)18-13-15(20(24)25-3)8-9-17(18)16-7-6-10-21-14-16/h8-9,13,16,21H,4-7,10-12,14H2,1-3H3. The number of hydrogen-bond donors (Lipinski definition) is 1. The summed E-state index contributed by atoms with van der Waals surface area (Å²) >= 11 is 0. The number of carbonyl (C=O) groups is 2. The first-order valence-electron chi connectivity index (χ1n) is 9.34. The molecule has 5 nitrogen and oxygen atoms in total. The van der Waals surface area contributed by atoms with Gasteiger partial charge in [-0.25, -0.2) is 4.79 Å². The lowest BCUT2D eigenvalue weighted by Crippen LogP contribution is -2.35. The third-order valence-corrected chi connectivity index (χ3v) is 4.72. The molecule has 1 amide bonds. The summed E-state index contributed by atoms with van der Waals surface area (Å²) in [6.07, 6.45) is 4.00. The van der Waals surface area contributed by atoms with Crippen LogP contribution in [0.4, 0.5) is 0 Å². The van der Waals surface area contributed by atoms with Gasteiger partial charge in [-0.15, -0.1) is 0 Å². The van der Waals surface area contributed by atoms with Crippen LogP contribution in [0.15, 0.2) is 18.2 Å². The van der Waals surface area contributed by atoms with Crippen LogP contribution in [0.1, 0.15) is 71.7 Å². The van der Waals surface area contributed by atoms with E-state index in [-0.39, 0.29) is 5.91 Å². The van der Waals surface area contributed by atoms with Crippen LogP contribution in [0.5, 0.6) is 0 Å². The molecule has 0 bridgehead atoms. The van der Waals surface area contributed by atoms with Gasteiger partial charge < -0.3 is 15.0 Å². The van der Waals surface area contributed by atoms with E-state index in [1.54, 1.807) is 12.1 Å². The Bertz CT molecular complexity index is 589. The van der Waals surface area contributed by atoms with Crippen LogP contribution in [0, 0.1) is 0 Å². The highest BCUT2D eigenvalue weighted by Crippen LogP contribution is 2.28. The molecular formula is C20H30N2O3. The van der Waals surface area contributed by atoms with E-state index in [2.05, 4.69) is 19.2 Å². The first-order valence-corrected chi connectivity index (χ1v) is 9.34. The predicted octanol–water partition coefficient (Wildman–Crippen LogP) is 3.20. The van der Waals surface area contributed by atoms with Gasteiger partial charge in [0, 0.05) is 25.2 Å². The van der Waals surface area contributed by atoms with Crippen LogP contribution in [0.2, 0.25) is 0 Å². The number of piperidine rings is 1. The molecule has 2 rings (SSSR count). The Morgan fingerprint density at radius 2 is 1.96 bits per heavy atom. The Balaban J connectivity index is 2.41. The van der Waals surface area contributed by atoms with E-state index in [0.29, 0.717) is 17.0 Å². The van der Waals surface area contributed by atoms with E-state index in [1.807, 2.05) is 11.0 Å². The molecule has 25 heavy (non-hydrogen) atoms. The molecule has 1 atom stereocenters. The highest BCUT2D eigenvalue weighted by molar-refractivity contribution is 5.99. The van der Waals surface area contributed by atoms with Crippen molar-refractivity contribution in [2.24, 2.45) is 0 Å². The van der Waals surface area contributed by atoms with Crippen molar-refractivity contribution in [3.63, 3.8) is 0 Å². The minimum absolute atomic E-state index is 0.0232. The van der Waals surface area contributed by atoms with E-state index >= 15 is 0 Å². The van der Waals surface area contributed by atoms with Gasteiger partial charge in [0.1, 0.15) is 0 Å². The van der Waals surface area contributed by atoms with Crippen LogP contribution >= 0.6 is 0 Å². The average molecular weight is 346 g/mol. The fourth-order valence-electron chi connectivity index (χ4n) is 3.48. The van der Waals surface area contributed by atoms with Crippen LogP contribution in [0.25, 0.3) is 0 Å². The molecule has 0 saturated carbocycles. The van der Waals surface area contributed by atoms with E-state index in [4.69, 9.17) is 4.74 Å². The van der Waals surface area contributed by atoms with E-state index in [1.165, 1.54) is 7.11 Å². The number of benzene rings is 1. The number of amides is 1. The molecule has 1 heterocycles. The molecule has 1 N–H and O–H groups in total. The van der Waals surface area contributed by atoms with Crippen molar-refractivity contribution in [2.75, 3.05) is 33.3 Å². The Morgan fingerprint density at radius 3 is 2.52 bits per heavy atom. The summed E-state index contributed by atoms with van der Waals surface area (Å²) in [6, 6.07) is 5.43. The molecule has 1 aliphatic heterocycles. The fourth-order valence-corrected chi connectivity index (χ4v) is 3.48. The van der Waals surface area contributed by atoms with Gasteiger partial charge in [-0.1, -0.05) is 19.9 Å². The summed E-state index contributed by atoms with van der Waals surface area (Å²) in [4.78, 5) is 27.0. The minimum Gasteiger partial charge on any atom is -0.465 e. The number of methoxy groups -OCH3 is 1. The number of esters is 1. The predicted molar refractivity (Wildman–Crippen MR) is 99.1 cm³/mol. The Kier molecular flexibility index (Phi) is 7.44. The van der Waals surface area contributed by atoms with Crippen molar-refractivity contribution in [2.45, 2.75) is 45.4 Å². The average Bonchev–Trinajstić information content (AvgIpc) is 2.66. The Hall–Kier alpha value is -1.88. The lowest BCUT2D eigenvalue weighted by Gasteiger charge is -2.28. The fraction of sp³-hybridized carbons (Fsp3) is 0.600. The third kappa shape index (κ3) is 4.82. The summed E-state index contributed by atoms with van der Waals surface area (Å²) < 4.78 is 4.84. The van der Waals surface area contributed by atoms with Gasteiger partial charge in [0.25, 0.3) is 5.91 Å². The molecule has 138 valence electrons. The molecule has 0 spiro atoms. The van der Waals surface area contributed by atoms with Gasteiger partial charge in [-0.2, -0.15) is 0 Å². The lowest BCUT2D eigenvalue weighted by atomic mass is 9.87. The minimum atomic E-state index is -0.403. The van der Waals surface area contributed by atoms with Gasteiger partial charge in [0.15, 0.2) is 0 Å². The summed E-state index contributed by atoms with van der Waals surface area (Å²) in [5.74, 6) is -0.0700. The van der Waals surface area contributed by atoms with Crippen LogP contribution in [-0.4, -0.2) is 50.1 Å². The lowest BCUT2D eigenvalue weighted by molar-refractivity contribution is 0.0600.